The van der Waals surface area contributed by atoms with Gasteiger partial charge >= 0.3 is 15.2 Å². The van der Waals surface area contributed by atoms with E-state index in [1.54, 1.807) is 0 Å². The molecule has 0 saturated carbocycles. The van der Waals surface area contributed by atoms with E-state index >= 15 is 0 Å². The molecule has 1 fully saturated rings. The van der Waals surface area contributed by atoms with E-state index in [4.69, 9.17) is 19.6 Å². The van der Waals surface area contributed by atoms with Crippen molar-refractivity contribution in [1.29, 1.82) is 0 Å². The van der Waals surface area contributed by atoms with Crippen LogP contribution in [0.4, 0.5) is 0 Å². The summed E-state index contributed by atoms with van der Waals surface area (Å²) in [6.45, 7) is 2.47. The minimum Gasteiger partial charge on any atom is -0.324 e. The first-order chi connectivity index (χ1) is 8.67. The van der Waals surface area contributed by atoms with E-state index in [-0.39, 0.29) is 6.54 Å². The van der Waals surface area contributed by atoms with Crippen LogP contribution in [-0.4, -0.2) is 75.7 Å². The first kappa shape index (κ1) is 17.2. The fourth-order valence-corrected chi connectivity index (χ4v) is 3.74. The molecular weight excluding hydrogens is 296 g/mol. The molecule has 1 heterocycles. The zero-order valence-corrected chi connectivity index (χ0v) is 12.3. The molecule has 1 aliphatic heterocycles. The highest BCUT2D eigenvalue weighted by atomic mass is 31.2. The van der Waals surface area contributed by atoms with E-state index in [1.165, 1.54) is 4.90 Å². The molecule has 1 saturated heterocycles. The van der Waals surface area contributed by atoms with Crippen LogP contribution >= 0.6 is 15.2 Å². The van der Waals surface area contributed by atoms with E-state index in [1.807, 2.05) is 0 Å². The zero-order chi connectivity index (χ0) is 14.5. The molecule has 0 amide bonds. The van der Waals surface area contributed by atoms with E-state index in [0.717, 1.165) is 0 Å². The molecule has 0 aromatic rings. The second-order valence-corrected chi connectivity index (χ2v) is 7.88. The highest BCUT2D eigenvalue weighted by Crippen LogP contribution is 2.39. The molecule has 1 rings (SSSR count). The Morgan fingerprint density at radius 3 is 2.21 bits per heavy atom. The SMILES string of the molecule is O=P(O)(O)CC1CNCCNCCN1CP(=O)(O)O. The first-order valence-corrected chi connectivity index (χ1v) is 9.51. The summed E-state index contributed by atoms with van der Waals surface area (Å²) in [7, 11) is -8.51. The molecule has 114 valence electrons. The Bertz CT molecular complexity index is 335. The summed E-state index contributed by atoms with van der Waals surface area (Å²) in [6.07, 6.45) is -0.916. The van der Waals surface area contributed by atoms with E-state index < -0.39 is 33.7 Å². The fourth-order valence-electron chi connectivity index (χ4n) is 1.98. The quantitative estimate of drug-likeness (QED) is 0.330. The lowest BCUT2D eigenvalue weighted by Gasteiger charge is -2.31. The van der Waals surface area contributed by atoms with Crippen LogP contribution in [0, 0.1) is 0 Å². The third-order valence-corrected chi connectivity index (χ3v) is 4.39. The van der Waals surface area contributed by atoms with Crippen molar-refractivity contribution in [3.05, 3.63) is 0 Å². The molecule has 1 aliphatic rings. The molecule has 0 aromatic heterocycles. The molecule has 0 aromatic carbocycles. The second-order valence-electron chi connectivity index (χ2n) is 4.57. The van der Waals surface area contributed by atoms with Gasteiger partial charge in [0.05, 0.1) is 6.16 Å². The van der Waals surface area contributed by atoms with Gasteiger partial charge in [0.25, 0.3) is 0 Å². The summed E-state index contributed by atoms with van der Waals surface area (Å²) in [5.74, 6) is 0. The number of rotatable bonds is 4. The topological polar surface area (TPSA) is 142 Å². The van der Waals surface area contributed by atoms with Crippen molar-refractivity contribution >= 4 is 15.2 Å². The lowest BCUT2D eigenvalue weighted by Crippen LogP contribution is -2.46. The van der Waals surface area contributed by atoms with Crippen LogP contribution in [-0.2, 0) is 9.13 Å². The Kier molecular flexibility index (Phi) is 6.59. The maximum atomic E-state index is 11.1. The standard InChI is InChI=1S/C8H21N3O6P2/c12-18(13,14)6-8-5-10-2-1-9-3-4-11(8)7-19(15,16)17/h8-10H,1-7H2,(H2,12,13,14)(H2,15,16,17). The second kappa shape index (κ2) is 7.26. The van der Waals surface area contributed by atoms with Crippen LogP contribution in [0.15, 0.2) is 0 Å². The lowest BCUT2D eigenvalue weighted by atomic mass is 10.3. The Morgan fingerprint density at radius 2 is 1.63 bits per heavy atom. The van der Waals surface area contributed by atoms with Gasteiger partial charge in [0.15, 0.2) is 0 Å². The molecule has 0 radical (unpaired) electrons. The molecule has 11 heteroatoms. The van der Waals surface area contributed by atoms with Crippen LogP contribution in [0.1, 0.15) is 0 Å². The molecule has 1 unspecified atom stereocenters. The lowest BCUT2D eigenvalue weighted by molar-refractivity contribution is 0.217. The summed E-state index contributed by atoms with van der Waals surface area (Å²) in [5, 5.41) is 6.09. The maximum absolute atomic E-state index is 11.1. The third-order valence-electron chi connectivity index (χ3n) is 2.77. The summed E-state index contributed by atoms with van der Waals surface area (Å²) in [6, 6.07) is -0.603. The molecular formula is C8H21N3O6P2. The summed E-state index contributed by atoms with van der Waals surface area (Å²) < 4.78 is 22.2. The van der Waals surface area contributed by atoms with Gasteiger partial charge in [-0.1, -0.05) is 0 Å². The molecule has 0 spiro atoms. The molecule has 19 heavy (non-hydrogen) atoms. The van der Waals surface area contributed by atoms with Gasteiger partial charge in [0.2, 0.25) is 0 Å². The summed E-state index contributed by atoms with van der Waals surface area (Å²) >= 11 is 0. The van der Waals surface area contributed by atoms with Gasteiger partial charge < -0.3 is 30.2 Å². The minimum atomic E-state index is -4.27. The predicted octanol–water partition coefficient (Wildman–Crippen LogP) is -1.84. The monoisotopic (exact) mass is 317 g/mol. The molecule has 0 bridgehead atoms. The average Bonchev–Trinajstić information content (AvgIpc) is 2.29. The van der Waals surface area contributed by atoms with Crippen LogP contribution in [0.2, 0.25) is 0 Å². The van der Waals surface area contributed by atoms with Crippen LogP contribution in [0.5, 0.6) is 0 Å². The largest absolute Gasteiger partial charge is 0.339 e. The first-order valence-electron chi connectivity index (χ1n) is 5.92. The normalized spacial score (nSPS) is 24.5. The maximum Gasteiger partial charge on any atom is 0.339 e. The van der Waals surface area contributed by atoms with Crippen molar-refractivity contribution in [3.63, 3.8) is 0 Å². The summed E-state index contributed by atoms with van der Waals surface area (Å²) in [5.41, 5.74) is 0. The van der Waals surface area contributed by atoms with Gasteiger partial charge in [0.1, 0.15) is 6.29 Å². The fraction of sp³-hybridized carbons (Fsp3) is 1.00. The van der Waals surface area contributed by atoms with Gasteiger partial charge in [-0.2, -0.15) is 0 Å². The number of hydrogen-bond donors (Lipinski definition) is 6. The van der Waals surface area contributed by atoms with Gasteiger partial charge in [-0.05, 0) is 0 Å². The minimum absolute atomic E-state index is 0.285. The van der Waals surface area contributed by atoms with Crippen molar-refractivity contribution in [1.82, 2.24) is 15.5 Å². The Balaban J connectivity index is 2.79. The van der Waals surface area contributed by atoms with Gasteiger partial charge in [-0.3, -0.25) is 14.0 Å². The van der Waals surface area contributed by atoms with Crippen molar-refractivity contribution in [2.75, 3.05) is 45.2 Å². The van der Waals surface area contributed by atoms with Crippen LogP contribution in [0.25, 0.3) is 0 Å². The molecule has 0 aliphatic carbocycles. The number of nitrogens with one attached hydrogen (secondary N) is 2. The third kappa shape index (κ3) is 8.14. The average molecular weight is 317 g/mol. The number of hydrogen-bond acceptors (Lipinski definition) is 5. The number of nitrogens with zero attached hydrogens (tertiary/aromatic N) is 1. The van der Waals surface area contributed by atoms with E-state index in [2.05, 4.69) is 10.6 Å². The van der Waals surface area contributed by atoms with Crippen LogP contribution < -0.4 is 10.6 Å². The van der Waals surface area contributed by atoms with Crippen molar-refractivity contribution in [3.8, 4) is 0 Å². The summed E-state index contributed by atoms with van der Waals surface area (Å²) in [4.78, 5) is 37.7. The van der Waals surface area contributed by atoms with Crippen molar-refractivity contribution in [2.45, 2.75) is 6.04 Å². The highest BCUT2D eigenvalue weighted by Gasteiger charge is 2.30. The smallest absolute Gasteiger partial charge is 0.324 e. The van der Waals surface area contributed by atoms with E-state index in [0.29, 0.717) is 26.2 Å². The zero-order valence-electron chi connectivity index (χ0n) is 10.5. The van der Waals surface area contributed by atoms with Gasteiger partial charge in [-0.15, -0.1) is 0 Å². The molecule has 1 atom stereocenters. The van der Waals surface area contributed by atoms with Crippen LogP contribution in [0.3, 0.4) is 0 Å². The Labute approximate surface area is 111 Å². The predicted molar refractivity (Wildman–Crippen MR) is 70.1 cm³/mol. The highest BCUT2D eigenvalue weighted by molar-refractivity contribution is 7.52. The Morgan fingerprint density at radius 1 is 1.00 bits per heavy atom. The van der Waals surface area contributed by atoms with Gasteiger partial charge in [-0.25, -0.2) is 0 Å². The van der Waals surface area contributed by atoms with Crippen molar-refractivity contribution in [2.24, 2.45) is 0 Å². The Hall–Kier alpha value is 0.180. The molecule has 6 N–H and O–H groups in total. The molecule has 9 nitrogen and oxygen atoms in total. The van der Waals surface area contributed by atoms with Gasteiger partial charge in [0, 0.05) is 38.8 Å². The van der Waals surface area contributed by atoms with Crippen molar-refractivity contribution < 1.29 is 28.7 Å². The van der Waals surface area contributed by atoms with E-state index in [9.17, 15) is 9.13 Å².